The molecule has 1 amide bonds. The number of hydrogen-bond donors (Lipinski definition) is 1. The fourth-order valence-corrected chi connectivity index (χ4v) is 4.89. The van der Waals surface area contributed by atoms with E-state index in [-0.39, 0.29) is 11.3 Å². The van der Waals surface area contributed by atoms with Crippen molar-refractivity contribution in [3.63, 3.8) is 0 Å². The highest BCUT2D eigenvalue weighted by Gasteiger charge is 2.40. The summed E-state index contributed by atoms with van der Waals surface area (Å²) in [6.07, 6.45) is 8.52. The monoisotopic (exact) mass is 427 g/mol. The van der Waals surface area contributed by atoms with E-state index in [4.69, 9.17) is 0 Å². The maximum absolute atomic E-state index is 13.0. The average Bonchev–Trinajstić information content (AvgIpc) is 2.86. The smallest absolute Gasteiger partial charge is 0.226 e. The summed E-state index contributed by atoms with van der Waals surface area (Å²) in [6, 6.07) is 23.3. The molecule has 4 rings (SSSR count). The largest absolute Gasteiger partial charge is 0.359 e. The molecule has 0 spiro atoms. The van der Waals surface area contributed by atoms with Gasteiger partial charge in [0.2, 0.25) is 5.91 Å². The quantitative estimate of drug-likeness (QED) is 0.564. The maximum Gasteiger partial charge on any atom is 0.226 e. The van der Waals surface area contributed by atoms with Gasteiger partial charge in [-0.25, -0.2) is 0 Å². The number of pyridine rings is 1. The first-order valence-corrected chi connectivity index (χ1v) is 11.7. The number of amides is 1. The van der Waals surface area contributed by atoms with Crippen LogP contribution in [0.25, 0.3) is 11.1 Å². The molecule has 0 unspecified atom stereocenters. The number of nitrogens with one attached hydrogen (secondary N) is 1. The van der Waals surface area contributed by atoms with Gasteiger partial charge in [0.1, 0.15) is 0 Å². The Morgan fingerprint density at radius 3 is 2.44 bits per heavy atom. The third-order valence-electron chi connectivity index (χ3n) is 6.77. The molecule has 0 saturated carbocycles. The van der Waals surface area contributed by atoms with E-state index in [1.54, 1.807) is 13.2 Å². The van der Waals surface area contributed by atoms with Crippen LogP contribution in [0.5, 0.6) is 0 Å². The molecule has 32 heavy (non-hydrogen) atoms. The first-order chi connectivity index (χ1) is 15.7. The van der Waals surface area contributed by atoms with Crippen LogP contribution in [0.4, 0.5) is 0 Å². The van der Waals surface area contributed by atoms with Crippen LogP contribution in [0.2, 0.25) is 0 Å². The Kier molecular flexibility index (Phi) is 7.33. The third-order valence-corrected chi connectivity index (χ3v) is 6.77. The zero-order valence-electron chi connectivity index (χ0n) is 19.0. The second kappa shape index (κ2) is 10.6. The summed E-state index contributed by atoms with van der Waals surface area (Å²) in [5, 5.41) is 2.95. The lowest BCUT2D eigenvalue weighted by Gasteiger charge is -2.40. The molecule has 1 saturated heterocycles. The maximum atomic E-state index is 13.0. The van der Waals surface area contributed by atoms with Crippen molar-refractivity contribution < 1.29 is 4.79 Å². The third kappa shape index (κ3) is 5.43. The van der Waals surface area contributed by atoms with Gasteiger partial charge in [-0.2, -0.15) is 0 Å². The highest BCUT2D eigenvalue weighted by atomic mass is 16.2. The van der Waals surface area contributed by atoms with Crippen LogP contribution < -0.4 is 5.32 Å². The van der Waals surface area contributed by atoms with Crippen molar-refractivity contribution >= 4 is 5.91 Å². The lowest BCUT2D eigenvalue weighted by atomic mass is 9.72. The van der Waals surface area contributed by atoms with Crippen molar-refractivity contribution in [3.05, 3.63) is 90.3 Å². The van der Waals surface area contributed by atoms with Crippen LogP contribution in [0.15, 0.2) is 79.1 Å². The fourth-order valence-electron chi connectivity index (χ4n) is 4.89. The number of piperidine rings is 1. The van der Waals surface area contributed by atoms with E-state index in [1.165, 1.54) is 11.1 Å². The summed E-state index contributed by atoms with van der Waals surface area (Å²) < 4.78 is 0. The van der Waals surface area contributed by atoms with Gasteiger partial charge in [-0.15, -0.1) is 0 Å². The zero-order chi connectivity index (χ0) is 22.2. The molecule has 4 heteroatoms. The summed E-state index contributed by atoms with van der Waals surface area (Å²) in [7, 11) is 1.77. The summed E-state index contributed by atoms with van der Waals surface area (Å²) in [6.45, 7) is 3.05. The minimum Gasteiger partial charge on any atom is -0.359 e. The van der Waals surface area contributed by atoms with Crippen molar-refractivity contribution in [3.8, 4) is 11.1 Å². The first kappa shape index (κ1) is 22.2. The van der Waals surface area contributed by atoms with Crippen LogP contribution in [0, 0.1) is 5.41 Å². The van der Waals surface area contributed by atoms with E-state index in [0.29, 0.717) is 0 Å². The van der Waals surface area contributed by atoms with Gasteiger partial charge in [-0.05, 0) is 80.1 Å². The van der Waals surface area contributed by atoms with E-state index in [9.17, 15) is 4.79 Å². The number of benzene rings is 2. The molecule has 0 atom stereocenters. The molecule has 2 aromatic carbocycles. The zero-order valence-corrected chi connectivity index (χ0v) is 19.0. The molecule has 1 aromatic heterocycles. The number of rotatable bonds is 8. The molecule has 1 N–H and O–H groups in total. The Bertz CT molecular complexity index is 995. The minimum atomic E-state index is -0.335. The van der Waals surface area contributed by atoms with Gasteiger partial charge in [0.25, 0.3) is 0 Å². The number of likely N-dealkylation sites (tertiary alicyclic amines) is 1. The SMILES string of the molecule is CNC(=O)C1(Cc2cccc(-c3cccnc3)c2)CCN(CCCc2ccccc2)CC1. The highest BCUT2D eigenvalue weighted by molar-refractivity contribution is 5.83. The number of aryl methyl sites for hydroxylation is 1. The second-order valence-electron chi connectivity index (χ2n) is 8.91. The molecule has 4 nitrogen and oxygen atoms in total. The molecular formula is C28H33N3O. The summed E-state index contributed by atoms with van der Waals surface area (Å²) in [4.78, 5) is 19.8. The molecule has 0 bridgehead atoms. The van der Waals surface area contributed by atoms with E-state index < -0.39 is 0 Å². The summed E-state index contributed by atoms with van der Waals surface area (Å²) >= 11 is 0. The minimum absolute atomic E-state index is 0.174. The Hall–Kier alpha value is -2.98. The summed E-state index contributed by atoms with van der Waals surface area (Å²) in [5.41, 5.74) is 4.54. The molecule has 166 valence electrons. The van der Waals surface area contributed by atoms with E-state index in [1.807, 2.05) is 12.3 Å². The Labute approximate surface area is 191 Å². The van der Waals surface area contributed by atoms with Crippen LogP contribution >= 0.6 is 0 Å². The van der Waals surface area contributed by atoms with Gasteiger partial charge >= 0.3 is 0 Å². The number of carbonyl (C=O) groups excluding carboxylic acids is 1. The lowest BCUT2D eigenvalue weighted by Crippen LogP contribution is -2.49. The van der Waals surface area contributed by atoms with Gasteiger partial charge in [-0.1, -0.05) is 60.7 Å². The molecule has 1 fully saturated rings. The van der Waals surface area contributed by atoms with Gasteiger partial charge in [0.05, 0.1) is 5.41 Å². The van der Waals surface area contributed by atoms with Gasteiger partial charge in [0.15, 0.2) is 0 Å². The van der Waals surface area contributed by atoms with E-state index in [2.05, 4.69) is 75.9 Å². The molecule has 1 aliphatic heterocycles. The van der Waals surface area contributed by atoms with Crippen molar-refractivity contribution in [1.29, 1.82) is 0 Å². The Morgan fingerprint density at radius 1 is 0.969 bits per heavy atom. The summed E-state index contributed by atoms with van der Waals surface area (Å²) in [5.74, 6) is 0.174. The van der Waals surface area contributed by atoms with Crippen molar-refractivity contribution in [1.82, 2.24) is 15.2 Å². The van der Waals surface area contributed by atoms with E-state index >= 15 is 0 Å². The van der Waals surface area contributed by atoms with Crippen LogP contribution in [-0.2, 0) is 17.6 Å². The van der Waals surface area contributed by atoms with Gasteiger partial charge in [0, 0.05) is 19.4 Å². The van der Waals surface area contributed by atoms with Crippen LogP contribution in [0.3, 0.4) is 0 Å². The number of nitrogens with zero attached hydrogens (tertiary/aromatic N) is 2. The standard InChI is InChI=1S/C28H33N3O/c1-29-27(32)28(21-24-10-5-12-25(20-24)26-13-6-16-30-22-26)14-18-31(19-15-28)17-7-11-23-8-3-2-4-9-23/h2-6,8-10,12-13,16,20,22H,7,11,14-15,17-19,21H2,1H3,(H,29,32). The van der Waals surface area contributed by atoms with Crippen molar-refractivity contribution in [2.45, 2.75) is 32.1 Å². The second-order valence-corrected chi connectivity index (χ2v) is 8.91. The topological polar surface area (TPSA) is 45.2 Å². The van der Waals surface area contributed by atoms with Crippen LogP contribution in [-0.4, -0.2) is 42.5 Å². The van der Waals surface area contributed by atoms with Crippen LogP contribution in [0.1, 0.15) is 30.4 Å². The average molecular weight is 428 g/mol. The predicted octanol–water partition coefficient (Wildman–Crippen LogP) is 4.75. The molecule has 3 aromatic rings. The fraction of sp³-hybridized carbons (Fsp3) is 0.357. The van der Waals surface area contributed by atoms with Gasteiger partial charge in [-0.3, -0.25) is 9.78 Å². The molecule has 2 heterocycles. The molecule has 0 radical (unpaired) electrons. The predicted molar refractivity (Wildman–Crippen MR) is 130 cm³/mol. The van der Waals surface area contributed by atoms with Crippen molar-refractivity contribution in [2.24, 2.45) is 5.41 Å². The van der Waals surface area contributed by atoms with Crippen molar-refractivity contribution in [2.75, 3.05) is 26.7 Å². The molecule has 0 aliphatic carbocycles. The molecular weight excluding hydrogens is 394 g/mol. The lowest BCUT2D eigenvalue weighted by molar-refractivity contribution is -0.133. The number of hydrogen-bond acceptors (Lipinski definition) is 3. The number of aromatic nitrogens is 1. The van der Waals surface area contributed by atoms with Gasteiger partial charge < -0.3 is 10.2 Å². The highest BCUT2D eigenvalue weighted by Crippen LogP contribution is 2.36. The number of carbonyl (C=O) groups is 1. The normalized spacial score (nSPS) is 15.9. The Balaban J connectivity index is 1.39. The Morgan fingerprint density at radius 2 is 1.72 bits per heavy atom. The van der Waals surface area contributed by atoms with E-state index in [0.717, 1.165) is 62.9 Å². The first-order valence-electron chi connectivity index (χ1n) is 11.7. The molecule has 1 aliphatic rings.